The molecule has 0 unspecified atom stereocenters. The van der Waals surface area contributed by atoms with Gasteiger partial charge in [-0.05, 0) is 35.7 Å². The van der Waals surface area contributed by atoms with Gasteiger partial charge in [0.15, 0.2) is 0 Å². The van der Waals surface area contributed by atoms with Gasteiger partial charge in [-0.1, -0.05) is 12.1 Å². The Morgan fingerprint density at radius 2 is 1.96 bits per heavy atom. The number of sulfonamides is 1. The molecule has 0 fully saturated rings. The molecule has 1 aromatic carbocycles. The van der Waals surface area contributed by atoms with Crippen molar-refractivity contribution in [3.05, 3.63) is 60.0 Å². The number of nitrogens with one attached hydrogen (secondary N) is 1. The summed E-state index contributed by atoms with van der Waals surface area (Å²) in [6.45, 7) is 3.20. The summed E-state index contributed by atoms with van der Waals surface area (Å²) in [4.78, 5) is 23.6. The summed E-state index contributed by atoms with van der Waals surface area (Å²) in [5.41, 5.74) is 0.786. The van der Waals surface area contributed by atoms with E-state index in [1.807, 2.05) is 0 Å². The lowest BCUT2D eigenvalue weighted by molar-refractivity contribution is -0.116. The number of carbonyl (C=O) groups is 2. The number of amides is 1. The third-order valence-electron chi connectivity index (χ3n) is 3.33. The van der Waals surface area contributed by atoms with Crippen molar-refractivity contribution < 1.29 is 22.7 Å². The topological polar surface area (TPSA) is 92.8 Å². The molecule has 1 amide bonds. The number of anilines is 1. The Kier molecular flexibility index (Phi) is 6.67. The van der Waals surface area contributed by atoms with Crippen molar-refractivity contribution in [1.29, 1.82) is 0 Å². The second kappa shape index (κ2) is 8.75. The predicted octanol–water partition coefficient (Wildman–Crippen LogP) is 2.35. The summed E-state index contributed by atoms with van der Waals surface area (Å²) in [6, 6.07) is 9.20. The second-order valence-corrected chi connectivity index (χ2v) is 8.25. The van der Waals surface area contributed by atoms with E-state index in [1.165, 1.54) is 43.5 Å². The van der Waals surface area contributed by atoms with Crippen molar-refractivity contribution in [2.75, 3.05) is 25.5 Å². The lowest BCUT2D eigenvalue weighted by atomic mass is 10.2. The van der Waals surface area contributed by atoms with Crippen LogP contribution in [0.25, 0.3) is 0 Å². The molecule has 0 radical (unpaired) electrons. The Bertz CT molecular complexity index is 874. The maximum Gasteiger partial charge on any atom is 0.337 e. The summed E-state index contributed by atoms with van der Waals surface area (Å²) < 4.78 is 31.0. The minimum Gasteiger partial charge on any atom is -0.465 e. The smallest absolute Gasteiger partial charge is 0.337 e. The van der Waals surface area contributed by atoms with Gasteiger partial charge in [-0.25, -0.2) is 13.2 Å². The van der Waals surface area contributed by atoms with Crippen molar-refractivity contribution in [3.8, 4) is 0 Å². The molecule has 1 aromatic heterocycles. The Morgan fingerprint density at radius 1 is 1.27 bits per heavy atom. The van der Waals surface area contributed by atoms with Gasteiger partial charge in [0.25, 0.3) is 10.0 Å². The number of rotatable bonds is 8. The lowest BCUT2D eigenvalue weighted by Crippen LogP contribution is -2.37. The summed E-state index contributed by atoms with van der Waals surface area (Å²) in [5.74, 6) is -0.986. The summed E-state index contributed by atoms with van der Waals surface area (Å²) in [7, 11) is -2.49. The first kappa shape index (κ1) is 19.8. The van der Waals surface area contributed by atoms with Gasteiger partial charge in [-0.2, -0.15) is 4.31 Å². The molecule has 0 aliphatic heterocycles. The number of carbonyl (C=O) groups excluding carboxylic acids is 2. The Hall–Kier alpha value is -2.49. The molecule has 0 spiro atoms. The van der Waals surface area contributed by atoms with Gasteiger partial charge in [-0.3, -0.25) is 4.79 Å². The Morgan fingerprint density at radius 3 is 2.50 bits per heavy atom. The number of hydrogen-bond donors (Lipinski definition) is 1. The summed E-state index contributed by atoms with van der Waals surface area (Å²) in [5, 5.41) is 4.26. The number of ether oxygens (including phenoxy) is 1. The van der Waals surface area contributed by atoms with Gasteiger partial charge in [0.2, 0.25) is 5.91 Å². The number of thiophene rings is 1. The monoisotopic (exact) mass is 394 g/mol. The number of hydrogen-bond acceptors (Lipinski definition) is 6. The summed E-state index contributed by atoms with van der Waals surface area (Å²) >= 11 is 1.08. The minimum absolute atomic E-state index is 0.00886. The predicted molar refractivity (Wildman–Crippen MR) is 99.7 cm³/mol. The van der Waals surface area contributed by atoms with Crippen LogP contribution in [0.1, 0.15) is 10.4 Å². The first-order chi connectivity index (χ1) is 12.4. The molecule has 0 bridgehead atoms. The maximum atomic E-state index is 12.6. The normalized spacial score (nSPS) is 11.2. The highest BCUT2D eigenvalue weighted by Gasteiger charge is 2.26. The van der Waals surface area contributed by atoms with Gasteiger partial charge >= 0.3 is 5.97 Å². The molecule has 0 aliphatic rings. The second-order valence-electron chi connectivity index (χ2n) is 5.14. The van der Waals surface area contributed by atoms with Crippen LogP contribution in [0.4, 0.5) is 5.69 Å². The van der Waals surface area contributed by atoms with Crippen molar-refractivity contribution >= 4 is 38.9 Å². The Balaban J connectivity index is 2.08. The van der Waals surface area contributed by atoms with E-state index in [-0.39, 0.29) is 17.3 Å². The van der Waals surface area contributed by atoms with Crippen LogP contribution in [0.3, 0.4) is 0 Å². The van der Waals surface area contributed by atoms with Gasteiger partial charge in [0.05, 0.1) is 19.2 Å². The summed E-state index contributed by atoms with van der Waals surface area (Å²) in [6.07, 6.45) is 1.42. The van der Waals surface area contributed by atoms with Crippen LogP contribution in [0, 0.1) is 0 Å². The molecule has 26 heavy (non-hydrogen) atoms. The van der Waals surface area contributed by atoms with Crippen LogP contribution < -0.4 is 5.32 Å². The van der Waals surface area contributed by atoms with Gasteiger partial charge < -0.3 is 10.1 Å². The third-order valence-corrected chi connectivity index (χ3v) is 6.52. The van der Waals surface area contributed by atoms with Crippen LogP contribution in [-0.4, -0.2) is 44.8 Å². The molecule has 0 saturated carbocycles. The van der Waals surface area contributed by atoms with Crippen LogP contribution in [0.15, 0.2) is 58.6 Å². The molecule has 138 valence electrons. The van der Waals surface area contributed by atoms with E-state index in [0.717, 1.165) is 15.6 Å². The standard InChI is InChI=1S/C17H18N2O5S2/c1-3-10-19(26(22,23)16-5-4-11-25-16)12-15(20)18-14-8-6-13(7-9-14)17(21)24-2/h3-9,11H,1,10,12H2,2H3,(H,18,20). The zero-order valence-electron chi connectivity index (χ0n) is 14.0. The molecule has 1 N–H and O–H groups in total. The fraction of sp³-hybridized carbons (Fsp3) is 0.176. The van der Waals surface area contributed by atoms with E-state index in [0.29, 0.717) is 11.3 Å². The molecule has 0 saturated heterocycles. The Labute approximate surface area is 156 Å². The van der Waals surface area contributed by atoms with E-state index in [4.69, 9.17) is 0 Å². The van der Waals surface area contributed by atoms with E-state index in [9.17, 15) is 18.0 Å². The van der Waals surface area contributed by atoms with Crippen molar-refractivity contribution in [3.63, 3.8) is 0 Å². The van der Waals surface area contributed by atoms with Crippen LogP contribution >= 0.6 is 11.3 Å². The number of esters is 1. The number of nitrogens with zero attached hydrogens (tertiary/aromatic N) is 1. The fourth-order valence-electron chi connectivity index (χ4n) is 2.10. The van der Waals surface area contributed by atoms with E-state index in [2.05, 4.69) is 16.6 Å². The molecule has 7 nitrogen and oxygen atoms in total. The first-order valence-corrected chi connectivity index (χ1v) is 9.83. The highest BCUT2D eigenvalue weighted by molar-refractivity contribution is 7.91. The zero-order valence-corrected chi connectivity index (χ0v) is 15.7. The van der Waals surface area contributed by atoms with Crippen LogP contribution in [-0.2, 0) is 19.6 Å². The molecule has 0 atom stereocenters. The highest BCUT2D eigenvalue weighted by Crippen LogP contribution is 2.21. The van der Waals surface area contributed by atoms with Crippen molar-refractivity contribution in [1.82, 2.24) is 4.31 Å². The molecular formula is C17H18N2O5S2. The average Bonchev–Trinajstić information content (AvgIpc) is 3.17. The van der Waals surface area contributed by atoms with Crippen LogP contribution in [0.2, 0.25) is 0 Å². The number of methoxy groups -OCH3 is 1. The molecule has 0 aliphatic carbocycles. The van der Waals surface area contributed by atoms with E-state index in [1.54, 1.807) is 11.4 Å². The van der Waals surface area contributed by atoms with Gasteiger partial charge in [0.1, 0.15) is 4.21 Å². The molecule has 2 rings (SSSR count). The fourth-order valence-corrected chi connectivity index (χ4v) is 4.61. The van der Waals surface area contributed by atoms with Gasteiger partial charge in [0, 0.05) is 12.2 Å². The average molecular weight is 394 g/mol. The SMILES string of the molecule is C=CCN(CC(=O)Nc1ccc(C(=O)OC)cc1)S(=O)(=O)c1cccs1. The van der Waals surface area contributed by atoms with Crippen molar-refractivity contribution in [2.45, 2.75) is 4.21 Å². The van der Waals surface area contributed by atoms with Gasteiger partial charge in [-0.15, -0.1) is 17.9 Å². The zero-order chi connectivity index (χ0) is 19.2. The molecule has 1 heterocycles. The molecule has 9 heteroatoms. The van der Waals surface area contributed by atoms with Crippen LogP contribution in [0.5, 0.6) is 0 Å². The largest absolute Gasteiger partial charge is 0.465 e. The lowest BCUT2D eigenvalue weighted by Gasteiger charge is -2.19. The maximum absolute atomic E-state index is 12.6. The van der Waals surface area contributed by atoms with E-state index >= 15 is 0 Å². The first-order valence-electron chi connectivity index (χ1n) is 7.51. The number of benzene rings is 1. The quantitative estimate of drug-likeness (QED) is 0.548. The van der Waals surface area contributed by atoms with Crippen molar-refractivity contribution in [2.24, 2.45) is 0 Å². The van der Waals surface area contributed by atoms with E-state index < -0.39 is 21.9 Å². The molecular weight excluding hydrogens is 376 g/mol. The highest BCUT2D eigenvalue weighted by atomic mass is 32.2. The molecule has 2 aromatic rings. The minimum atomic E-state index is -3.77. The third kappa shape index (κ3) is 4.78.